The van der Waals surface area contributed by atoms with Crippen LogP contribution in [0.1, 0.15) is 11.1 Å². The van der Waals surface area contributed by atoms with E-state index in [9.17, 15) is 19.8 Å². The lowest BCUT2D eigenvalue weighted by atomic mass is 10.0. The highest BCUT2D eigenvalue weighted by Gasteiger charge is 2.13. The summed E-state index contributed by atoms with van der Waals surface area (Å²) < 4.78 is 0. The topological polar surface area (TPSA) is 115 Å². The number of phenols is 2. The van der Waals surface area contributed by atoms with Crippen molar-refractivity contribution < 1.29 is 30.0 Å². The normalized spacial score (nSPS) is 10.6. The smallest absolute Gasteiger partial charge is 0.328 e. The van der Waals surface area contributed by atoms with Crippen LogP contribution in [-0.2, 0) is 16.0 Å². The van der Waals surface area contributed by atoms with Crippen LogP contribution in [0.25, 0.3) is 6.08 Å². The highest BCUT2D eigenvalue weighted by Crippen LogP contribution is 2.32. The van der Waals surface area contributed by atoms with Gasteiger partial charge < -0.3 is 20.4 Å². The number of phenolic OH excluding ortho intramolecular Hbond substituents is 2. The van der Waals surface area contributed by atoms with Gasteiger partial charge in [0.1, 0.15) is 0 Å². The van der Waals surface area contributed by atoms with Gasteiger partial charge in [-0.05, 0) is 17.7 Å². The summed E-state index contributed by atoms with van der Waals surface area (Å²) in [6, 6.07) is 2.48. The van der Waals surface area contributed by atoms with Gasteiger partial charge in [0.25, 0.3) is 0 Å². The number of hydrogen-bond acceptors (Lipinski definition) is 4. The van der Waals surface area contributed by atoms with Gasteiger partial charge in [-0.25, -0.2) is 4.79 Å². The van der Waals surface area contributed by atoms with Gasteiger partial charge in [0, 0.05) is 11.6 Å². The molecule has 0 aromatic heterocycles. The van der Waals surface area contributed by atoms with E-state index < -0.39 is 29.9 Å². The molecule has 0 atom stereocenters. The zero-order valence-corrected chi connectivity index (χ0v) is 8.62. The quantitative estimate of drug-likeness (QED) is 0.456. The molecule has 1 aromatic rings. The standard InChI is InChI=1S/C11H10O6/c12-8-3-1-6(2-4-9(13)14)7(11(8)17)5-10(15)16/h1-4,12,17H,5H2,(H,13,14)(H,15,16)/b4-2+. The van der Waals surface area contributed by atoms with Crippen LogP contribution in [0, 0.1) is 0 Å². The minimum Gasteiger partial charge on any atom is -0.504 e. The van der Waals surface area contributed by atoms with Crippen LogP contribution in [0.3, 0.4) is 0 Å². The van der Waals surface area contributed by atoms with E-state index in [0.29, 0.717) is 0 Å². The Morgan fingerprint density at radius 3 is 2.35 bits per heavy atom. The Labute approximate surface area is 96.1 Å². The van der Waals surface area contributed by atoms with Gasteiger partial charge in [-0.3, -0.25) is 4.79 Å². The third kappa shape index (κ3) is 3.23. The van der Waals surface area contributed by atoms with Crippen LogP contribution in [0.2, 0.25) is 0 Å². The lowest BCUT2D eigenvalue weighted by Crippen LogP contribution is -2.02. The molecule has 90 valence electrons. The van der Waals surface area contributed by atoms with Crippen molar-refractivity contribution in [2.24, 2.45) is 0 Å². The summed E-state index contributed by atoms with van der Waals surface area (Å²) in [5.74, 6) is -3.40. The maximum Gasteiger partial charge on any atom is 0.328 e. The van der Waals surface area contributed by atoms with E-state index in [-0.39, 0.29) is 11.1 Å². The molecule has 0 radical (unpaired) electrons. The first-order valence-electron chi connectivity index (χ1n) is 4.58. The lowest BCUT2D eigenvalue weighted by Gasteiger charge is -2.07. The van der Waals surface area contributed by atoms with Crippen LogP contribution in [0.4, 0.5) is 0 Å². The van der Waals surface area contributed by atoms with E-state index in [4.69, 9.17) is 10.2 Å². The Hall–Kier alpha value is -2.50. The minimum atomic E-state index is -1.20. The van der Waals surface area contributed by atoms with Gasteiger partial charge in [-0.2, -0.15) is 0 Å². The van der Waals surface area contributed by atoms with Crippen LogP contribution in [0.15, 0.2) is 18.2 Å². The second kappa shape index (κ2) is 5.02. The largest absolute Gasteiger partial charge is 0.504 e. The molecule has 4 N–H and O–H groups in total. The molecule has 17 heavy (non-hydrogen) atoms. The first-order valence-corrected chi connectivity index (χ1v) is 4.58. The monoisotopic (exact) mass is 238 g/mol. The Kier molecular flexibility index (Phi) is 3.71. The number of aliphatic carboxylic acids is 2. The number of carboxylic acids is 2. The van der Waals surface area contributed by atoms with Gasteiger partial charge in [0.05, 0.1) is 6.42 Å². The first-order chi connectivity index (χ1) is 7.91. The van der Waals surface area contributed by atoms with E-state index in [1.165, 1.54) is 6.07 Å². The number of carbonyl (C=O) groups is 2. The van der Waals surface area contributed by atoms with Crippen molar-refractivity contribution in [3.63, 3.8) is 0 Å². The molecule has 1 aromatic carbocycles. The highest BCUT2D eigenvalue weighted by molar-refractivity contribution is 5.86. The van der Waals surface area contributed by atoms with Gasteiger partial charge in [-0.1, -0.05) is 6.07 Å². The maximum atomic E-state index is 10.6. The molecule has 0 spiro atoms. The molecule has 0 bridgehead atoms. The first kappa shape index (κ1) is 12.6. The summed E-state index contributed by atoms with van der Waals surface area (Å²) in [7, 11) is 0. The van der Waals surface area contributed by atoms with Crippen molar-refractivity contribution in [1.29, 1.82) is 0 Å². The molecule has 0 aliphatic heterocycles. The Morgan fingerprint density at radius 1 is 1.18 bits per heavy atom. The summed E-state index contributed by atoms with van der Waals surface area (Å²) >= 11 is 0. The summed E-state index contributed by atoms with van der Waals surface area (Å²) in [5.41, 5.74) is 0.195. The van der Waals surface area contributed by atoms with Crippen LogP contribution in [-0.4, -0.2) is 32.4 Å². The van der Waals surface area contributed by atoms with Crippen LogP contribution in [0.5, 0.6) is 11.5 Å². The molecule has 6 nitrogen and oxygen atoms in total. The van der Waals surface area contributed by atoms with Gasteiger partial charge >= 0.3 is 11.9 Å². The SMILES string of the molecule is O=C(O)/C=C/c1ccc(O)c(O)c1CC(=O)O. The predicted octanol–water partition coefficient (Wildman–Crippen LogP) is 0.823. The number of carboxylic acid groups (broad SMARTS) is 2. The Morgan fingerprint density at radius 2 is 1.82 bits per heavy atom. The number of aromatic hydroxyl groups is 2. The molecule has 0 saturated heterocycles. The Balaban J connectivity index is 3.24. The second-order valence-electron chi connectivity index (χ2n) is 3.24. The van der Waals surface area contributed by atoms with E-state index in [1.54, 1.807) is 0 Å². The molecule has 1 rings (SSSR count). The maximum absolute atomic E-state index is 10.6. The van der Waals surface area contributed by atoms with Crippen molar-refractivity contribution in [3.05, 3.63) is 29.3 Å². The van der Waals surface area contributed by atoms with Crippen molar-refractivity contribution in [1.82, 2.24) is 0 Å². The highest BCUT2D eigenvalue weighted by atomic mass is 16.4. The number of benzene rings is 1. The summed E-state index contributed by atoms with van der Waals surface area (Å²) in [4.78, 5) is 20.9. The average Bonchev–Trinajstić information content (AvgIpc) is 2.23. The second-order valence-corrected chi connectivity index (χ2v) is 3.24. The number of hydrogen-bond donors (Lipinski definition) is 4. The van der Waals surface area contributed by atoms with Gasteiger partial charge in [0.15, 0.2) is 11.5 Å². The van der Waals surface area contributed by atoms with Gasteiger partial charge in [0.2, 0.25) is 0 Å². The third-order valence-corrected chi connectivity index (χ3v) is 2.03. The van der Waals surface area contributed by atoms with E-state index in [1.807, 2.05) is 0 Å². The fraction of sp³-hybridized carbons (Fsp3) is 0.0909. The van der Waals surface area contributed by atoms with E-state index in [2.05, 4.69) is 0 Å². The summed E-state index contributed by atoms with van der Waals surface area (Å²) in [5, 5.41) is 35.8. The van der Waals surface area contributed by atoms with Crippen molar-refractivity contribution in [3.8, 4) is 11.5 Å². The van der Waals surface area contributed by atoms with Crippen LogP contribution >= 0.6 is 0 Å². The zero-order chi connectivity index (χ0) is 13.0. The van der Waals surface area contributed by atoms with Crippen molar-refractivity contribution in [2.45, 2.75) is 6.42 Å². The van der Waals surface area contributed by atoms with Gasteiger partial charge in [-0.15, -0.1) is 0 Å². The average molecular weight is 238 g/mol. The molecule has 0 heterocycles. The molecule has 0 aliphatic rings. The molecule has 0 unspecified atom stereocenters. The minimum absolute atomic E-state index is 0.0324. The van der Waals surface area contributed by atoms with E-state index >= 15 is 0 Å². The molecule has 0 aliphatic carbocycles. The predicted molar refractivity (Wildman–Crippen MR) is 57.8 cm³/mol. The molecular formula is C11H10O6. The van der Waals surface area contributed by atoms with Crippen LogP contribution < -0.4 is 0 Å². The summed E-state index contributed by atoms with van der Waals surface area (Å²) in [6.45, 7) is 0. The Bertz CT molecular complexity index is 489. The molecule has 0 fully saturated rings. The fourth-order valence-corrected chi connectivity index (χ4v) is 1.29. The van der Waals surface area contributed by atoms with Crippen molar-refractivity contribution >= 4 is 18.0 Å². The fourth-order valence-electron chi connectivity index (χ4n) is 1.29. The number of rotatable bonds is 4. The molecule has 6 heteroatoms. The third-order valence-electron chi connectivity index (χ3n) is 2.03. The summed E-state index contributed by atoms with van der Waals surface area (Å²) in [6.07, 6.45) is 1.45. The molecular weight excluding hydrogens is 228 g/mol. The molecule has 0 saturated carbocycles. The molecule has 0 amide bonds. The van der Waals surface area contributed by atoms with E-state index in [0.717, 1.165) is 18.2 Å². The zero-order valence-electron chi connectivity index (χ0n) is 8.62. The lowest BCUT2D eigenvalue weighted by molar-refractivity contribution is -0.136. The van der Waals surface area contributed by atoms with Crippen molar-refractivity contribution in [2.75, 3.05) is 0 Å².